The molecule has 1 N–H and O–H groups in total. The van der Waals surface area contributed by atoms with Crippen LogP contribution in [0.4, 0.5) is 4.79 Å². The number of benzene rings is 1. The van der Waals surface area contributed by atoms with Crippen LogP contribution in [0.5, 0.6) is 11.5 Å². The average molecular weight is 374 g/mol. The number of rotatable bonds is 6. The van der Waals surface area contributed by atoms with E-state index in [0.717, 1.165) is 22.6 Å². The van der Waals surface area contributed by atoms with Crippen LogP contribution in [0.25, 0.3) is 6.08 Å². The molecule has 8 heteroatoms. The first-order chi connectivity index (χ1) is 13.0. The third kappa shape index (κ3) is 4.39. The maximum atomic E-state index is 11.9. The van der Waals surface area contributed by atoms with Crippen LogP contribution in [0.15, 0.2) is 18.2 Å². The third-order valence-corrected chi connectivity index (χ3v) is 4.22. The Morgan fingerprint density at radius 2 is 2.22 bits per heavy atom. The van der Waals surface area contributed by atoms with Crippen molar-refractivity contribution in [2.75, 3.05) is 26.3 Å². The van der Waals surface area contributed by atoms with Crippen molar-refractivity contribution in [2.45, 2.75) is 26.4 Å². The molecule has 0 aromatic heterocycles. The van der Waals surface area contributed by atoms with Gasteiger partial charge in [-0.2, -0.15) is 0 Å². The highest BCUT2D eigenvalue weighted by molar-refractivity contribution is 5.97. The number of amides is 3. The Morgan fingerprint density at radius 1 is 1.41 bits per heavy atom. The van der Waals surface area contributed by atoms with Gasteiger partial charge in [0.1, 0.15) is 17.6 Å². The largest absolute Gasteiger partial charge is 0.493 e. The second-order valence-corrected chi connectivity index (χ2v) is 6.28. The highest BCUT2D eigenvalue weighted by Crippen LogP contribution is 2.35. The average Bonchev–Trinajstić information content (AvgIpc) is 3.22. The molecule has 1 aromatic rings. The van der Waals surface area contributed by atoms with E-state index in [4.69, 9.17) is 14.2 Å². The van der Waals surface area contributed by atoms with Crippen LogP contribution in [0.3, 0.4) is 0 Å². The molecule has 0 spiro atoms. The molecule has 0 unspecified atom stereocenters. The molecule has 144 valence electrons. The summed E-state index contributed by atoms with van der Waals surface area (Å²) < 4.78 is 16.3. The third-order valence-electron chi connectivity index (χ3n) is 4.22. The number of imide groups is 1. The summed E-state index contributed by atoms with van der Waals surface area (Å²) in [7, 11) is 0. The predicted octanol–water partition coefficient (Wildman–Crippen LogP) is 1.52. The molecule has 0 saturated carbocycles. The van der Waals surface area contributed by atoms with Gasteiger partial charge in [0.15, 0.2) is 6.61 Å². The fourth-order valence-corrected chi connectivity index (χ4v) is 2.99. The molecule has 1 aromatic carbocycles. The number of nitrogens with one attached hydrogen (secondary N) is 1. The lowest BCUT2D eigenvalue weighted by molar-refractivity contribution is -0.146. The minimum Gasteiger partial charge on any atom is -0.493 e. The smallest absolute Gasteiger partial charge is 0.331 e. The molecule has 2 heterocycles. The highest BCUT2D eigenvalue weighted by atomic mass is 16.5. The van der Waals surface area contributed by atoms with Crippen molar-refractivity contribution in [3.05, 3.63) is 29.3 Å². The van der Waals surface area contributed by atoms with E-state index in [-0.39, 0.29) is 12.6 Å². The molecular weight excluding hydrogens is 352 g/mol. The van der Waals surface area contributed by atoms with E-state index in [1.54, 1.807) is 6.08 Å². The summed E-state index contributed by atoms with van der Waals surface area (Å²) in [5.41, 5.74) is 1.76. The Labute approximate surface area is 157 Å². The molecule has 0 bridgehead atoms. The van der Waals surface area contributed by atoms with Gasteiger partial charge in [-0.15, -0.1) is 0 Å². The van der Waals surface area contributed by atoms with Crippen LogP contribution >= 0.6 is 0 Å². The van der Waals surface area contributed by atoms with Gasteiger partial charge in [0.2, 0.25) is 0 Å². The second-order valence-electron chi connectivity index (χ2n) is 6.28. The Morgan fingerprint density at radius 3 is 2.93 bits per heavy atom. The number of ether oxygens (including phenoxy) is 3. The first kappa shape index (κ1) is 18.8. The van der Waals surface area contributed by atoms with Crippen molar-refractivity contribution >= 4 is 24.0 Å². The predicted molar refractivity (Wildman–Crippen MR) is 96.5 cm³/mol. The molecule has 1 fully saturated rings. The zero-order valence-corrected chi connectivity index (χ0v) is 15.3. The van der Waals surface area contributed by atoms with Gasteiger partial charge in [-0.3, -0.25) is 9.69 Å². The zero-order chi connectivity index (χ0) is 19.4. The van der Waals surface area contributed by atoms with E-state index in [9.17, 15) is 14.4 Å². The van der Waals surface area contributed by atoms with E-state index in [2.05, 4.69) is 5.32 Å². The first-order valence-electron chi connectivity index (χ1n) is 8.87. The summed E-state index contributed by atoms with van der Waals surface area (Å²) in [6.07, 6.45) is 3.70. The summed E-state index contributed by atoms with van der Waals surface area (Å²) >= 11 is 0. The summed E-state index contributed by atoms with van der Waals surface area (Å²) in [6.45, 7) is 4.56. The van der Waals surface area contributed by atoms with Crippen LogP contribution in [0.2, 0.25) is 0 Å². The van der Waals surface area contributed by atoms with Crippen LogP contribution in [-0.4, -0.2) is 55.2 Å². The van der Waals surface area contributed by atoms with Crippen LogP contribution < -0.4 is 14.8 Å². The van der Waals surface area contributed by atoms with E-state index >= 15 is 0 Å². The molecule has 1 atom stereocenters. The van der Waals surface area contributed by atoms with E-state index < -0.39 is 24.5 Å². The van der Waals surface area contributed by atoms with Gasteiger partial charge in [-0.1, -0.05) is 0 Å². The number of carbonyl (C=O) groups is 3. The summed E-state index contributed by atoms with van der Waals surface area (Å²) in [6, 6.07) is 3.27. The number of carbonyl (C=O) groups excluding carboxylic acids is 3. The van der Waals surface area contributed by atoms with Crippen molar-refractivity contribution in [1.29, 1.82) is 0 Å². The fraction of sp³-hybridized carbons (Fsp3) is 0.421. The SMILES string of the molecule is CCOc1cc2c(cc1/C=C/C(=O)OCC(=O)N1CCNC1=O)O[C@@H](C)C2. The van der Waals surface area contributed by atoms with Crippen molar-refractivity contribution in [3.63, 3.8) is 0 Å². The van der Waals surface area contributed by atoms with Gasteiger partial charge < -0.3 is 19.5 Å². The number of nitrogens with zero attached hydrogens (tertiary/aromatic N) is 1. The van der Waals surface area contributed by atoms with Gasteiger partial charge in [0.25, 0.3) is 5.91 Å². The van der Waals surface area contributed by atoms with Crippen LogP contribution in [0, 0.1) is 0 Å². The van der Waals surface area contributed by atoms with Crippen LogP contribution in [0.1, 0.15) is 25.0 Å². The zero-order valence-electron chi connectivity index (χ0n) is 15.3. The standard InChI is InChI=1S/C19H22N2O6/c1-3-25-15-10-14-8-12(2)27-16(14)9-13(15)4-5-18(23)26-11-17(22)21-7-6-20-19(21)24/h4-5,9-10,12H,3,6-8,11H2,1-2H3,(H,20,24)/b5-4+/t12-/m0/s1. The molecule has 27 heavy (non-hydrogen) atoms. The minimum absolute atomic E-state index is 0.104. The molecule has 0 aliphatic carbocycles. The maximum absolute atomic E-state index is 11.9. The maximum Gasteiger partial charge on any atom is 0.331 e. The molecule has 1 saturated heterocycles. The molecule has 3 amide bonds. The lowest BCUT2D eigenvalue weighted by Gasteiger charge is -2.11. The van der Waals surface area contributed by atoms with Crippen molar-refractivity contribution in [3.8, 4) is 11.5 Å². The van der Waals surface area contributed by atoms with Gasteiger partial charge in [0, 0.05) is 36.7 Å². The van der Waals surface area contributed by atoms with Gasteiger partial charge >= 0.3 is 12.0 Å². The van der Waals surface area contributed by atoms with Gasteiger partial charge in [-0.05, 0) is 32.1 Å². The van der Waals surface area contributed by atoms with Crippen molar-refractivity contribution in [1.82, 2.24) is 10.2 Å². The molecule has 0 radical (unpaired) electrons. The monoisotopic (exact) mass is 374 g/mol. The quantitative estimate of drug-likeness (QED) is 0.599. The molecule has 2 aliphatic rings. The summed E-state index contributed by atoms with van der Waals surface area (Å²) in [5, 5.41) is 2.51. The second kappa shape index (κ2) is 8.11. The lowest BCUT2D eigenvalue weighted by atomic mass is 10.1. The molecular formula is C19H22N2O6. The number of urea groups is 1. The lowest BCUT2D eigenvalue weighted by Crippen LogP contribution is -2.37. The number of hydrogen-bond acceptors (Lipinski definition) is 6. The van der Waals surface area contributed by atoms with Gasteiger partial charge in [0.05, 0.1) is 6.61 Å². The molecule has 8 nitrogen and oxygen atoms in total. The van der Waals surface area contributed by atoms with Crippen molar-refractivity contribution in [2.24, 2.45) is 0 Å². The summed E-state index contributed by atoms with van der Waals surface area (Å²) in [5.74, 6) is 0.193. The van der Waals surface area contributed by atoms with E-state index in [0.29, 0.717) is 24.5 Å². The first-order valence-corrected chi connectivity index (χ1v) is 8.87. The van der Waals surface area contributed by atoms with E-state index in [1.165, 1.54) is 6.08 Å². The highest BCUT2D eigenvalue weighted by Gasteiger charge is 2.26. The molecule has 2 aliphatic heterocycles. The Kier molecular flexibility index (Phi) is 5.63. The molecule has 3 rings (SSSR count). The summed E-state index contributed by atoms with van der Waals surface area (Å²) in [4.78, 5) is 36.2. The minimum atomic E-state index is -0.680. The Bertz CT molecular complexity index is 789. The fourth-order valence-electron chi connectivity index (χ4n) is 2.99. The van der Waals surface area contributed by atoms with Crippen LogP contribution in [-0.2, 0) is 20.7 Å². The van der Waals surface area contributed by atoms with Gasteiger partial charge in [-0.25, -0.2) is 9.59 Å². The topological polar surface area (TPSA) is 94.2 Å². The number of esters is 1. The number of hydrogen-bond donors (Lipinski definition) is 1. The Hall–Kier alpha value is -3.03. The van der Waals surface area contributed by atoms with E-state index in [1.807, 2.05) is 26.0 Å². The van der Waals surface area contributed by atoms with Crippen molar-refractivity contribution < 1.29 is 28.6 Å². The normalized spacial score (nSPS) is 18.2. The Balaban J connectivity index is 1.63. The number of fused-ring (bicyclic) bond motifs is 1.